The zero-order valence-electron chi connectivity index (χ0n) is 11.2. The second-order valence-electron chi connectivity index (χ2n) is 4.44. The van der Waals surface area contributed by atoms with Gasteiger partial charge in [0.2, 0.25) is 6.79 Å². The summed E-state index contributed by atoms with van der Waals surface area (Å²) in [5, 5.41) is 19.9. The molecule has 0 radical (unpaired) electrons. The summed E-state index contributed by atoms with van der Waals surface area (Å²) in [6.45, 7) is 0.0444. The van der Waals surface area contributed by atoms with Crippen LogP contribution in [0.15, 0.2) is 41.4 Å². The lowest BCUT2D eigenvalue weighted by Gasteiger charge is -2.00. The second-order valence-corrected chi connectivity index (χ2v) is 4.44. The number of nitriles is 1. The topological polar surface area (TPSA) is 97.8 Å². The Morgan fingerprint density at radius 2 is 1.91 bits per heavy atom. The quantitative estimate of drug-likeness (QED) is 0.492. The van der Waals surface area contributed by atoms with Crippen LogP contribution in [-0.4, -0.2) is 17.9 Å². The smallest absolute Gasteiger partial charge is 0.282 e. The number of hydrogen-bond acceptors (Lipinski definition) is 6. The molecule has 0 N–H and O–H groups in total. The predicted molar refractivity (Wildman–Crippen MR) is 77.6 cm³/mol. The molecule has 0 aromatic heterocycles. The Morgan fingerprint density at radius 1 is 1.23 bits per heavy atom. The third-order valence-corrected chi connectivity index (χ3v) is 3.07. The van der Waals surface area contributed by atoms with E-state index in [2.05, 4.69) is 4.99 Å². The molecule has 2 aromatic rings. The highest BCUT2D eigenvalue weighted by molar-refractivity contribution is 5.88. The average Bonchev–Trinajstić information content (AvgIpc) is 2.99. The molecule has 0 aliphatic carbocycles. The largest absolute Gasteiger partial charge is 0.454 e. The summed E-state index contributed by atoms with van der Waals surface area (Å²) in [7, 11) is 0. The van der Waals surface area contributed by atoms with Gasteiger partial charge in [-0.1, -0.05) is 0 Å². The van der Waals surface area contributed by atoms with Crippen LogP contribution in [-0.2, 0) is 0 Å². The van der Waals surface area contributed by atoms with Gasteiger partial charge in [0, 0.05) is 6.21 Å². The van der Waals surface area contributed by atoms with Crippen molar-refractivity contribution in [2.45, 2.75) is 0 Å². The predicted octanol–water partition coefficient (Wildman–Crippen LogP) is 2.95. The molecule has 0 amide bonds. The van der Waals surface area contributed by atoms with E-state index in [9.17, 15) is 10.1 Å². The first-order valence-electron chi connectivity index (χ1n) is 6.29. The van der Waals surface area contributed by atoms with Crippen LogP contribution >= 0.6 is 0 Å². The van der Waals surface area contributed by atoms with Crippen molar-refractivity contribution in [1.29, 1.82) is 5.26 Å². The van der Waals surface area contributed by atoms with E-state index in [1.807, 2.05) is 6.07 Å². The molecule has 0 fully saturated rings. The Hall–Kier alpha value is -3.40. The van der Waals surface area contributed by atoms with Gasteiger partial charge < -0.3 is 9.47 Å². The molecular weight excluding hydrogens is 286 g/mol. The van der Waals surface area contributed by atoms with Gasteiger partial charge in [-0.05, 0) is 30.3 Å². The monoisotopic (exact) mass is 295 g/mol. The average molecular weight is 295 g/mol. The molecule has 1 aliphatic rings. The molecule has 7 nitrogen and oxygen atoms in total. The zero-order valence-corrected chi connectivity index (χ0v) is 11.2. The molecule has 0 bridgehead atoms. The number of hydrogen-bond donors (Lipinski definition) is 0. The van der Waals surface area contributed by atoms with E-state index < -0.39 is 4.92 Å². The number of fused-ring (bicyclic) bond motifs is 1. The maximum atomic E-state index is 11.1. The summed E-state index contributed by atoms with van der Waals surface area (Å²) in [4.78, 5) is 14.8. The Bertz CT molecular complexity index is 807. The Labute approximate surface area is 125 Å². The molecule has 1 aliphatic heterocycles. The fourth-order valence-electron chi connectivity index (χ4n) is 1.97. The summed E-state index contributed by atoms with van der Waals surface area (Å²) in [5.41, 5.74) is 1.32. The summed E-state index contributed by atoms with van der Waals surface area (Å²) in [5.74, 6) is 0.800. The summed E-state index contributed by atoms with van der Waals surface area (Å²) in [6.07, 6.45) is 1.39. The van der Waals surface area contributed by atoms with Crippen molar-refractivity contribution in [3.63, 3.8) is 0 Å². The van der Waals surface area contributed by atoms with Crippen molar-refractivity contribution in [2.75, 3.05) is 6.79 Å². The van der Waals surface area contributed by atoms with Gasteiger partial charge in [0.05, 0.1) is 33.9 Å². The molecule has 108 valence electrons. The SMILES string of the molecule is N#Cc1ccc(N=Cc2cc3c(cc2[N+](=O)[O-])OCO3)cc1. The highest BCUT2D eigenvalue weighted by Crippen LogP contribution is 2.37. The highest BCUT2D eigenvalue weighted by Gasteiger charge is 2.22. The van der Waals surface area contributed by atoms with Crippen molar-refractivity contribution in [3.05, 3.63) is 57.6 Å². The summed E-state index contributed by atoms with van der Waals surface area (Å²) < 4.78 is 10.3. The van der Waals surface area contributed by atoms with Gasteiger partial charge in [-0.2, -0.15) is 5.26 Å². The second kappa shape index (κ2) is 5.54. The molecule has 0 saturated heterocycles. The molecule has 0 atom stereocenters. The van der Waals surface area contributed by atoms with Crippen LogP contribution in [0.25, 0.3) is 0 Å². The van der Waals surface area contributed by atoms with Crippen molar-refractivity contribution in [1.82, 2.24) is 0 Å². The lowest BCUT2D eigenvalue weighted by Crippen LogP contribution is -1.94. The minimum atomic E-state index is -0.498. The van der Waals surface area contributed by atoms with Crippen LogP contribution in [0.3, 0.4) is 0 Å². The molecule has 0 saturated carbocycles. The molecule has 1 heterocycles. The fourth-order valence-corrected chi connectivity index (χ4v) is 1.97. The van der Waals surface area contributed by atoms with E-state index in [4.69, 9.17) is 14.7 Å². The van der Waals surface area contributed by atoms with Crippen LogP contribution in [0.5, 0.6) is 11.5 Å². The molecule has 7 heteroatoms. The number of aliphatic imine (C=N–C) groups is 1. The highest BCUT2D eigenvalue weighted by atomic mass is 16.7. The Balaban J connectivity index is 1.95. The van der Waals surface area contributed by atoms with Crippen molar-refractivity contribution in [3.8, 4) is 17.6 Å². The molecule has 3 rings (SSSR count). The number of benzene rings is 2. The maximum Gasteiger partial charge on any atom is 0.282 e. The van der Waals surface area contributed by atoms with Gasteiger partial charge in [-0.3, -0.25) is 15.1 Å². The minimum Gasteiger partial charge on any atom is -0.454 e. The summed E-state index contributed by atoms with van der Waals surface area (Å²) in [6, 6.07) is 11.4. The maximum absolute atomic E-state index is 11.1. The number of nitrogens with zero attached hydrogens (tertiary/aromatic N) is 3. The van der Waals surface area contributed by atoms with E-state index in [0.29, 0.717) is 28.3 Å². The number of ether oxygens (including phenoxy) is 2. The third kappa shape index (κ3) is 2.58. The lowest BCUT2D eigenvalue weighted by molar-refractivity contribution is -0.385. The van der Waals surface area contributed by atoms with Gasteiger partial charge in [-0.15, -0.1) is 0 Å². The number of rotatable bonds is 3. The van der Waals surface area contributed by atoms with Crippen molar-refractivity contribution in [2.24, 2.45) is 4.99 Å². The van der Waals surface area contributed by atoms with Gasteiger partial charge in [0.15, 0.2) is 11.5 Å². The van der Waals surface area contributed by atoms with Crippen LogP contribution in [0.2, 0.25) is 0 Å². The Morgan fingerprint density at radius 3 is 2.55 bits per heavy atom. The van der Waals surface area contributed by atoms with Gasteiger partial charge in [0.25, 0.3) is 5.69 Å². The van der Waals surface area contributed by atoms with Gasteiger partial charge in [0.1, 0.15) is 0 Å². The van der Waals surface area contributed by atoms with E-state index in [0.717, 1.165) is 0 Å². The molecular formula is C15H9N3O4. The van der Waals surface area contributed by atoms with Crippen LogP contribution in [0, 0.1) is 21.4 Å². The van der Waals surface area contributed by atoms with Crippen molar-refractivity contribution < 1.29 is 14.4 Å². The van der Waals surface area contributed by atoms with E-state index in [1.54, 1.807) is 24.3 Å². The standard InChI is InChI=1S/C15H9N3O4/c16-7-10-1-3-12(4-2-10)17-8-11-5-14-15(22-9-21-14)6-13(11)18(19)20/h1-6,8H,9H2. The van der Waals surface area contributed by atoms with Gasteiger partial charge in [-0.25, -0.2) is 0 Å². The van der Waals surface area contributed by atoms with E-state index >= 15 is 0 Å². The van der Waals surface area contributed by atoms with Crippen LogP contribution in [0.4, 0.5) is 11.4 Å². The zero-order chi connectivity index (χ0) is 15.5. The first-order chi connectivity index (χ1) is 10.7. The molecule has 2 aromatic carbocycles. The fraction of sp³-hybridized carbons (Fsp3) is 0.0667. The van der Waals surface area contributed by atoms with Crippen LogP contribution < -0.4 is 9.47 Å². The van der Waals surface area contributed by atoms with E-state index in [1.165, 1.54) is 18.3 Å². The van der Waals surface area contributed by atoms with Crippen molar-refractivity contribution >= 4 is 17.6 Å². The van der Waals surface area contributed by atoms with Gasteiger partial charge >= 0.3 is 0 Å². The molecule has 0 spiro atoms. The third-order valence-electron chi connectivity index (χ3n) is 3.07. The molecule has 0 unspecified atom stereocenters. The normalized spacial score (nSPS) is 12.3. The van der Waals surface area contributed by atoms with Crippen LogP contribution in [0.1, 0.15) is 11.1 Å². The Kier molecular flexibility index (Phi) is 3.42. The minimum absolute atomic E-state index is 0.0444. The molecule has 22 heavy (non-hydrogen) atoms. The summed E-state index contributed by atoms with van der Waals surface area (Å²) >= 11 is 0. The first kappa shape index (κ1) is 13.6. The van der Waals surface area contributed by atoms with E-state index in [-0.39, 0.29) is 12.5 Å². The first-order valence-corrected chi connectivity index (χ1v) is 6.29. The lowest BCUT2D eigenvalue weighted by atomic mass is 10.1. The number of nitro benzene ring substituents is 1. The number of nitro groups is 1.